The predicted octanol–water partition coefficient (Wildman–Crippen LogP) is 3.71. The number of benzene rings is 1. The molecule has 2 rings (SSSR count). The number of hydrogen-bond acceptors (Lipinski definition) is 3. The molecule has 0 bridgehead atoms. The Labute approximate surface area is 182 Å². The minimum atomic E-state index is -0.231. The zero-order chi connectivity index (χ0) is 19.8. The summed E-state index contributed by atoms with van der Waals surface area (Å²) in [6.45, 7) is 6.00. The lowest BCUT2D eigenvalue weighted by atomic mass is 10.1. The van der Waals surface area contributed by atoms with E-state index in [-0.39, 0.29) is 48.2 Å². The molecule has 0 aliphatic rings. The molecule has 28 heavy (non-hydrogen) atoms. The summed E-state index contributed by atoms with van der Waals surface area (Å²) in [6.07, 6.45) is 1.97. The second-order valence-corrected chi connectivity index (χ2v) is 6.39. The predicted molar refractivity (Wildman–Crippen MR) is 122 cm³/mol. The minimum absolute atomic E-state index is 0. The Morgan fingerprint density at radius 3 is 2.61 bits per heavy atom. The summed E-state index contributed by atoms with van der Waals surface area (Å²) in [5.74, 6) is 0.710. The van der Waals surface area contributed by atoms with Crippen LogP contribution in [0.1, 0.15) is 36.1 Å². The molecular formula is C20H27FIN5O. The fourth-order valence-electron chi connectivity index (χ4n) is 2.40. The van der Waals surface area contributed by atoms with Gasteiger partial charge in [-0.25, -0.2) is 9.37 Å². The lowest BCUT2D eigenvalue weighted by Gasteiger charge is -2.18. The Kier molecular flexibility index (Phi) is 9.84. The molecule has 1 unspecified atom stereocenters. The van der Waals surface area contributed by atoms with Crippen LogP contribution in [0, 0.1) is 19.7 Å². The molecule has 3 N–H and O–H groups in total. The largest absolute Gasteiger partial charge is 0.356 e. The van der Waals surface area contributed by atoms with Crippen LogP contribution in [-0.4, -0.2) is 30.4 Å². The van der Waals surface area contributed by atoms with Crippen molar-refractivity contribution in [1.29, 1.82) is 0 Å². The molecule has 152 valence electrons. The number of carbonyl (C=O) groups is 1. The molecule has 1 aromatic heterocycles. The smallest absolute Gasteiger partial charge is 0.227 e. The van der Waals surface area contributed by atoms with Crippen LogP contribution in [0.15, 0.2) is 41.5 Å². The number of aromatic nitrogens is 1. The number of pyridine rings is 1. The highest BCUT2D eigenvalue weighted by atomic mass is 127. The maximum absolute atomic E-state index is 13.7. The zero-order valence-corrected chi connectivity index (χ0v) is 18.9. The Bertz CT molecular complexity index is 811. The number of nitrogens with one attached hydrogen (secondary N) is 3. The van der Waals surface area contributed by atoms with Crippen molar-refractivity contribution in [1.82, 2.24) is 15.6 Å². The number of halogens is 2. The van der Waals surface area contributed by atoms with E-state index in [1.165, 1.54) is 6.07 Å². The second-order valence-electron chi connectivity index (χ2n) is 6.39. The average Bonchev–Trinajstić information content (AvgIpc) is 2.64. The topological polar surface area (TPSA) is 78.4 Å². The summed E-state index contributed by atoms with van der Waals surface area (Å²) < 4.78 is 13.7. The average molecular weight is 499 g/mol. The molecule has 0 radical (unpaired) electrons. The van der Waals surface area contributed by atoms with E-state index in [0.29, 0.717) is 23.9 Å². The van der Waals surface area contributed by atoms with E-state index in [4.69, 9.17) is 0 Å². The van der Waals surface area contributed by atoms with E-state index >= 15 is 0 Å². The van der Waals surface area contributed by atoms with E-state index in [1.54, 1.807) is 32.3 Å². The normalized spacial score (nSPS) is 12.0. The lowest BCUT2D eigenvalue weighted by molar-refractivity contribution is -0.116. The molecule has 2 aromatic rings. The SMILES string of the molecule is CN=C(NCCC(=O)Nc1ccc(C)cn1)NC(C)c1ccc(C)c(F)c1.I. The molecule has 0 saturated heterocycles. The van der Waals surface area contributed by atoms with Crippen molar-refractivity contribution in [2.45, 2.75) is 33.2 Å². The second kappa shape index (κ2) is 11.6. The van der Waals surface area contributed by atoms with Gasteiger partial charge < -0.3 is 16.0 Å². The highest BCUT2D eigenvalue weighted by Gasteiger charge is 2.10. The van der Waals surface area contributed by atoms with Gasteiger partial charge in [-0.1, -0.05) is 18.2 Å². The van der Waals surface area contributed by atoms with Gasteiger partial charge in [-0.05, 0) is 49.6 Å². The number of amides is 1. The molecule has 1 aromatic carbocycles. The summed E-state index contributed by atoms with van der Waals surface area (Å²) in [7, 11) is 1.65. The van der Waals surface area contributed by atoms with E-state index in [1.807, 2.05) is 26.0 Å². The van der Waals surface area contributed by atoms with Crippen LogP contribution in [0.25, 0.3) is 0 Å². The number of rotatable bonds is 6. The standard InChI is InChI=1S/C20H26FN5O.HI/c1-13-5-8-18(24-12-13)26-19(27)9-10-23-20(22-4)25-15(3)16-7-6-14(2)17(21)11-16;/h5-8,11-12,15H,9-10H2,1-4H3,(H2,22,23,25)(H,24,26,27);1H. The zero-order valence-electron chi connectivity index (χ0n) is 16.5. The van der Waals surface area contributed by atoms with Crippen molar-refractivity contribution in [3.8, 4) is 0 Å². The molecule has 1 amide bonds. The van der Waals surface area contributed by atoms with Gasteiger partial charge in [-0.15, -0.1) is 24.0 Å². The Morgan fingerprint density at radius 2 is 2.00 bits per heavy atom. The summed E-state index contributed by atoms with van der Waals surface area (Å²) in [4.78, 5) is 20.3. The summed E-state index contributed by atoms with van der Waals surface area (Å²) in [5, 5.41) is 9.02. The number of aryl methyl sites for hydroxylation is 2. The van der Waals surface area contributed by atoms with Gasteiger partial charge in [-0.3, -0.25) is 9.79 Å². The van der Waals surface area contributed by atoms with Gasteiger partial charge in [0.25, 0.3) is 0 Å². The summed E-state index contributed by atoms with van der Waals surface area (Å²) >= 11 is 0. The van der Waals surface area contributed by atoms with Gasteiger partial charge in [0, 0.05) is 26.2 Å². The first kappa shape index (κ1) is 23.8. The third-order valence-corrected chi connectivity index (χ3v) is 4.10. The first-order chi connectivity index (χ1) is 12.9. The molecule has 6 nitrogen and oxygen atoms in total. The van der Waals surface area contributed by atoms with Crippen LogP contribution >= 0.6 is 24.0 Å². The quantitative estimate of drug-likeness (QED) is 0.322. The van der Waals surface area contributed by atoms with Crippen molar-refractivity contribution < 1.29 is 9.18 Å². The lowest BCUT2D eigenvalue weighted by Crippen LogP contribution is -2.40. The molecule has 8 heteroatoms. The van der Waals surface area contributed by atoms with Crippen molar-refractivity contribution in [2.75, 3.05) is 18.9 Å². The number of carbonyl (C=O) groups excluding carboxylic acids is 1. The van der Waals surface area contributed by atoms with E-state index in [2.05, 4.69) is 25.9 Å². The van der Waals surface area contributed by atoms with Crippen LogP contribution in [0.3, 0.4) is 0 Å². The number of aliphatic imine (C=N–C) groups is 1. The molecule has 0 spiro atoms. The van der Waals surface area contributed by atoms with Gasteiger partial charge in [-0.2, -0.15) is 0 Å². The van der Waals surface area contributed by atoms with Gasteiger partial charge >= 0.3 is 0 Å². The van der Waals surface area contributed by atoms with Crippen LogP contribution in [0.4, 0.5) is 10.2 Å². The third kappa shape index (κ3) is 7.41. The molecule has 0 aliphatic carbocycles. The van der Waals surface area contributed by atoms with Crippen LogP contribution in [-0.2, 0) is 4.79 Å². The van der Waals surface area contributed by atoms with Gasteiger partial charge in [0.2, 0.25) is 5.91 Å². The highest BCUT2D eigenvalue weighted by Crippen LogP contribution is 2.16. The number of hydrogen-bond donors (Lipinski definition) is 3. The van der Waals surface area contributed by atoms with Gasteiger partial charge in [0.05, 0.1) is 6.04 Å². The van der Waals surface area contributed by atoms with Crippen molar-refractivity contribution in [3.05, 3.63) is 59.0 Å². The molecule has 0 saturated carbocycles. The summed E-state index contributed by atoms with van der Waals surface area (Å²) in [6, 6.07) is 8.68. The van der Waals surface area contributed by atoms with Gasteiger partial charge in [0.1, 0.15) is 11.6 Å². The Morgan fingerprint density at radius 1 is 1.25 bits per heavy atom. The molecule has 0 fully saturated rings. The fourth-order valence-corrected chi connectivity index (χ4v) is 2.40. The monoisotopic (exact) mass is 499 g/mol. The molecule has 0 aliphatic heterocycles. The van der Waals surface area contributed by atoms with E-state index in [0.717, 1.165) is 11.1 Å². The summed E-state index contributed by atoms with van der Waals surface area (Å²) in [5.41, 5.74) is 2.47. The van der Waals surface area contributed by atoms with Crippen molar-refractivity contribution in [2.24, 2.45) is 4.99 Å². The van der Waals surface area contributed by atoms with Crippen LogP contribution < -0.4 is 16.0 Å². The first-order valence-corrected chi connectivity index (χ1v) is 8.84. The Hall–Kier alpha value is -2.23. The maximum atomic E-state index is 13.7. The van der Waals surface area contributed by atoms with Crippen LogP contribution in [0.5, 0.6) is 0 Å². The minimum Gasteiger partial charge on any atom is -0.356 e. The number of nitrogens with zero attached hydrogens (tertiary/aromatic N) is 2. The van der Waals surface area contributed by atoms with E-state index in [9.17, 15) is 9.18 Å². The van der Waals surface area contributed by atoms with Crippen molar-refractivity contribution in [3.63, 3.8) is 0 Å². The molecule has 1 atom stereocenters. The number of guanidine groups is 1. The highest BCUT2D eigenvalue weighted by molar-refractivity contribution is 14.0. The Balaban J connectivity index is 0.00000392. The fraction of sp³-hybridized carbons (Fsp3) is 0.350. The molecular weight excluding hydrogens is 472 g/mol. The third-order valence-electron chi connectivity index (χ3n) is 4.10. The van der Waals surface area contributed by atoms with Crippen molar-refractivity contribution >= 4 is 41.7 Å². The van der Waals surface area contributed by atoms with E-state index < -0.39 is 0 Å². The van der Waals surface area contributed by atoms with Crippen LogP contribution in [0.2, 0.25) is 0 Å². The van der Waals surface area contributed by atoms with Gasteiger partial charge in [0.15, 0.2) is 5.96 Å². The number of anilines is 1. The maximum Gasteiger partial charge on any atom is 0.227 e. The molecule has 1 heterocycles. The first-order valence-electron chi connectivity index (χ1n) is 8.84.